The van der Waals surface area contributed by atoms with Crippen LogP contribution in [0, 0.1) is 5.92 Å². The van der Waals surface area contributed by atoms with Crippen LogP contribution in [-0.4, -0.2) is 58.1 Å². The van der Waals surface area contributed by atoms with Gasteiger partial charge in [-0.1, -0.05) is 6.07 Å². The Morgan fingerprint density at radius 2 is 1.84 bits per heavy atom. The molecule has 0 radical (unpaired) electrons. The highest BCUT2D eigenvalue weighted by Crippen LogP contribution is 2.41. The number of carbonyl (C=O) groups excluding carboxylic acids is 1. The molecule has 2 fully saturated rings. The van der Waals surface area contributed by atoms with Gasteiger partial charge in [-0.05, 0) is 50.3 Å². The number of rotatable bonds is 8. The topological polar surface area (TPSA) is 93.2 Å². The van der Waals surface area contributed by atoms with Crippen LogP contribution in [0.4, 0.5) is 0 Å². The number of aliphatic imine (C=N–C) groups is 1. The summed E-state index contributed by atoms with van der Waals surface area (Å²) in [4.78, 5) is 16.7. The maximum absolute atomic E-state index is 11.8. The fourth-order valence-electron chi connectivity index (χ4n) is 3.96. The Kier molecular flexibility index (Phi) is 8.65. The Balaban J connectivity index is 0.00000272. The third-order valence-corrected chi connectivity index (χ3v) is 5.98. The van der Waals surface area contributed by atoms with E-state index in [1.54, 1.807) is 0 Å². The van der Waals surface area contributed by atoms with E-state index in [4.69, 9.17) is 19.2 Å². The molecule has 0 aromatic heterocycles. The van der Waals surface area contributed by atoms with Crippen molar-refractivity contribution in [3.8, 4) is 11.5 Å². The second kappa shape index (κ2) is 11.2. The summed E-state index contributed by atoms with van der Waals surface area (Å²) in [5, 5.41) is 9.62. The highest BCUT2D eigenvalue weighted by Gasteiger charge is 2.35. The van der Waals surface area contributed by atoms with Gasteiger partial charge in [-0.25, -0.2) is 0 Å². The first-order chi connectivity index (χ1) is 14.7. The average Bonchev–Trinajstić information content (AvgIpc) is 3.52. The summed E-state index contributed by atoms with van der Waals surface area (Å²) in [7, 11) is 0. The van der Waals surface area contributed by atoms with Gasteiger partial charge in [0.1, 0.15) is 0 Å². The van der Waals surface area contributed by atoms with Gasteiger partial charge >= 0.3 is 0 Å². The van der Waals surface area contributed by atoms with E-state index in [0.717, 1.165) is 62.9 Å². The zero-order chi connectivity index (χ0) is 20.8. The van der Waals surface area contributed by atoms with Crippen molar-refractivity contribution in [3.63, 3.8) is 0 Å². The number of nitrogens with zero attached hydrogens (tertiary/aromatic N) is 1. The van der Waals surface area contributed by atoms with Crippen LogP contribution in [0.15, 0.2) is 23.2 Å². The van der Waals surface area contributed by atoms with Crippen LogP contribution in [0.25, 0.3) is 0 Å². The molecule has 172 valence electrons. The second-order valence-corrected chi connectivity index (χ2v) is 8.15. The van der Waals surface area contributed by atoms with Gasteiger partial charge < -0.3 is 30.2 Å². The van der Waals surface area contributed by atoms with Crippen molar-refractivity contribution in [3.05, 3.63) is 23.8 Å². The van der Waals surface area contributed by atoms with Crippen LogP contribution in [0.2, 0.25) is 0 Å². The van der Waals surface area contributed by atoms with Crippen molar-refractivity contribution in [2.24, 2.45) is 10.9 Å². The van der Waals surface area contributed by atoms with E-state index >= 15 is 0 Å². The average molecular weight is 544 g/mol. The summed E-state index contributed by atoms with van der Waals surface area (Å²) < 4.78 is 16.7. The molecule has 0 atom stereocenters. The van der Waals surface area contributed by atoms with Crippen LogP contribution in [0.3, 0.4) is 0 Å². The van der Waals surface area contributed by atoms with Gasteiger partial charge in [-0.15, -0.1) is 24.0 Å². The van der Waals surface area contributed by atoms with Gasteiger partial charge in [0.15, 0.2) is 17.5 Å². The number of fused-ring (bicyclic) bond motifs is 1. The van der Waals surface area contributed by atoms with E-state index in [0.29, 0.717) is 19.6 Å². The molecular weight excluding hydrogens is 511 g/mol. The lowest BCUT2D eigenvalue weighted by molar-refractivity contribution is -0.122. The summed E-state index contributed by atoms with van der Waals surface area (Å²) in [6.45, 7) is 6.45. The number of guanidine groups is 1. The van der Waals surface area contributed by atoms with Crippen molar-refractivity contribution < 1.29 is 19.0 Å². The summed E-state index contributed by atoms with van der Waals surface area (Å²) in [5.41, 5.74) is 1.12. The van der Waals surface area contributed by atoms with Crippen LogP contribution >= 0.6 is 24.0 Å². The molecule has 1 amide bonds. The van der Waals surface area contributed by atoms with Crippen molar-refractivity contribution in [2.45, 2.75) is 38.0 Å². The summed E-state index contributed by atoms with van der Waals surface area (Å²) in [6.07, 6.45) is 3.87. The number of halogens is 1. The number of nitrogens with one attached hydrogen (secondary N) is 3. The van der Waals surface area contributed by atoms with Gasteiger partial charge in [-0.2, -0.15) is 0 Å². The van der Waals surface area contributed by atoms with Crippen molar-refractivity contribution >= 4 is 35.8 Å². The van der Waals surface area contributed by atoms with Crippen LogP contribution in [-0.2, 0) is 14.9 Å². The van der Waals surface area contributed by atoms with Gasteiger partial charge in [0.05, 0.1) is 6.54 Å². The van der Waals surface area contributed by atoms with Crippen molar-refractivity contribution in [1.29, 1.82) is 0 Å². The molecular formula is C22H33IN4O4. The zero-order valence-electron chi connectivity index (χ0n) is 18.1. The highest BCUT2D eigenvalue weighted by atomic mass is 127. The van der Waals surface area contributed by atoms with E-state index in [1.165, 1.54) is 5.56 Å². The Bertz CT molecular complexity index is 779. The van der Waals surface area contributed by atoms with Gasteiger partial charge in [0.2, 0.25) is 12.7 Å². The second-order valence-electron chi connectivity index (χ2n) is 8.15. The van der Waals surface area contributed by atoms with Gasteiger partial charge in [-0.3, -0.25) is 9.79 Å². The van der Waals surface area contributed by atoms with Crippen molar-refractivity contribution in [2.75, 3.05) is 46.2 Å². The molecule has 2 heterocycles. The normalized spacial score (nSPS) is 19.3. The Labute approximate surface area is 200 Å². The van der Waals surface area contributed by atoms with E-state index in [2.05, 4.69) is 28.1 Å². The maximum Gasteiger partial charge on any atom is 0.231 e. The van der Waals surface area contributed by atoms with E-state index in [9.17, 15) is 4.79 Å². The molecule has 1 aromatic carbocycles. The molecule has 1 saturated carbocycles. The largest absolute Gasteiger partial charge is 0.454 e. The quantitative estimate of drug-likeness (QED) is 0.201. The minimum atomic E-state index is -0.0955. The lowest BCUT2D eigenvalue weighted by Crippen LogP contribution is -2.43. The standard InChI is InChI=1S/C22H32N4O4.HI/c1-2-23-21(25-10-9-24-20(27)16-3-4-16)26-14-22(7-11-28-12-8-22)17-5-6-18-19(13-17)30-15-29-18;/h5-6,13,16H,2-4,7-12,14-15H2,1H3,(H,24,27)(H2,23,25,26);1H. The lowest BCUT2D eigenvalue weighted by Gasteiger charge is -2.36. The molecule has 0 bridgehead atoms. The molecule has 4 rings (SSSR count). The monoisotopic (exact) mass is 544 g/mol. The first-order valence-corrected chi connectivity index (χ1v) is 11.0. The van der Waals surface area contributed by atoms with Crippen LogP contribution < -0.4 is 25.4 Å². The van der Waals surface area contributed by atoms with E-state index in [1.807, 2.05) is 13.0 Å². The minimum Gasteiger partial charge on any atom is -0.454 e. The zero-order valence-corrected chi connectivity index (χ0v) is 20.4. The fraction of sp³-hybridized carbons (Fsp3) is 0.636. The molecule has 1 aliphatic carbocycles. The number of hydrogen-bond acceptors (Lipinski definition) is 5. The number of benzene rings is 1. The summed E-state index contributed by atoms with van der Waals surface area (Å²) >= 11 is 0. The molecule has 2 aliphatic heterocycles. The third kappa shape index (κ3) is 6.15. The SMILES string of the molecule is CCNC(=NCC1(c2ccc3c(c2)OCO3)CCOCC1)NCCNC(=O)C1CC1.I. The minimum absolute atomic E-state index is 0. The fourth-order valence-corrected chi connectivity index (χ4v) is 3.96. The highest BCUT2D eigenvalue weighted by molar-refractivity contribution is 14.0. The maximum atomic E-state index is 11.8. The predicted molar refractivity (Wildman–Crippen MR) is 129 cm³/mol. The molecule has 0 spiro atoms. The summed E-state index contributed by atoms with van der Waals surface area (Å²) in [6, 6.07) is 6.21. The molecule has 3 aliphatic rings. The molecule has 1 aromatic rings. The molecule has 1 saturated heterocycles. The first kappa shape index (κ1) is 23.9. The van der Waals surface area contributed by atoms with Gasteiger partial charge in [0, 0.05) is 44.2 Å². The van der Waals surface area contributed by atoms with E-state index in [-0.39, 0.29) is 48.0 Å². The smallest absolute Gasteiger partial charge is 0.231 e. The Morgan fingerprint density at radius 1 is 1.10 bits per heavy atom. The van der Waals surface area contributed by atoms with E-state index < -0.39 is 0 Å². The van der Waals surface area contributed by atoms with Gasteiger partial charge in [0.25, 0.3) is 0 Å². The number of hydrogen-bond donors (Lipinski definition) is 3. The van der Waals surface area contributed by atoms with Crippen molar-refractivity contribution in [1.82, 2.24) is 16.0 Å². The number of ether oxygens (including phenoxy) is 3. The number of carbonyl (C=O) groups is 1. The Morgan fingerprint density at radius 3 is 2.58 bits per heavy atom. The molecule has 31 heavy (non-hydrogen) atoms. The molecule has 3 N–H and O–H groups in total. The molecule has 9 heteroatoms. The lowest BCUT2D eigenvalue weighted by atomic mass is 9.74. The third-order valence-electron chi connectivity index (χ3n) is 5.98. The number of amides is 1. The van der Waals surface area contributed by atoms with Crippen LogP contribution in [0.1, 0.15) is 38.2 Å². The first-order valence-electron chi connectivity index (χ1n) is 11.0. The summed E-state index contributed by atoms with van der Waals surface area (Å²) in [5.74, 6) is 2.78. The Hall–Kier alpha value is -1.75. The van der Waals surface area contributed by atoms with Crippen LogP contribution in [0.5, 0.6) is 11.5 Å². The predicted octanol–water partition coefficient (Wildman–Crippen LogP) is 2.16. The molecule has 0 unspecified atom stereocenters. The molecule has 8 nitrogen and oxygen atoms in total.